The zero-order valence-electron chi connectivity index (χ0n) is 13.5. The van der Waals surface area contributed by atoms with Gasteiger partial charge in [-0.25, -0.2) is 4.98 Å². The van der Waals surface area contributed by atoms with E-state index in [9.17, 15) is 0 Å². The van der Waals surface area contributed by atoms with Crippen LogP contribution in [0.25, 0.3) is 17.0 Å². The van der Waals surface area contributed by atoms with Gasteiger partial charge in [0.05, 0.1) is 11.2 Å². The summed E-state index contributed by atoms with van der Waals surface area (Å²) in [4.78, 5) is 12.7. The van der Waals surface area contributed by atoms with Crippen LogP contribution in [0.5, 0.6) is 0 Å². The molecule has 0 radical (unpaired) electrons. The second kappa shape index (κ2) is 6.71. The van der Waals surface area contributed by atoms with Crippen molar-refractivity contribution in [1.82, 2.24) is 14.9 Å². The van der Waals surface area contributed by atoms with Crippen molar-refractivity contribution in [3.05, 3.63) is 58.7 Å². The maximum absolute atomic E-state index is 5.81. The Kier molecular flexibility index (Phi) is 4.28. The first kappa shape index (κ1) is 15.3. The summed E-state index contributed by atoms with van der Waals surface area (Å²) in [6, 6.07) is 10.3. The number of aromatic nitrogens is 2. The number of benzene rings is 1. The summed E-state index contributed by atoms with van der Waals surface area (Å²) in [7, 11) is 0. The Hall–Kier alpha value is -2.24. The van der Waals surface area contributed by atoms with Crippen LogP contribution < -0.4 is 5.73 Å². The summed E-state index contributed by atoms with van der Waals surface area (Å²) in [5, 5.41) is 1.91. The Morgan fingerprint density at radius 2 is 2.04 bits per heavy atom. The third-order valence-corrected chi connectivity index (χ3v) is 5.45. The van der Waals surface area contributed by atoms with Gasteiger partial charge in [-0.3, -0.25) is 9.88 Å². The van der Waals surface area contributed by atoms with E-state index in [1.807, 2.05) is 12.3 Å². The van der Waals surface area contributed by atoms with E-state index >= 15 is 0 Å². The Morgan fingerprint density at radius 1 is 1.17 bits per heavy atom. The fourth-order valence-electron chi connectivity index (χ4n) is 3.20. The third kappa shape index (κ3) is 3.18. The predicted octanol–water partition coefficient (Wildman–Crippen LogP) is 3.39. The van der Waals surface area contributed by atoms with Gasteiger partial charge in [0.1, 0.15) is 0 Å². The SMILES string of the molecule is Nc1nc2c(s1)CCN(C/C=C/c1ccnc3ccccc13)CC2. The zero-order chi connectivity index (χ0) is 16.4. The Morgan fingerprint density at radius 3 is 3.00 bits per heavy atom. The number of hydrogen-bond donors (Lipinski definition) is 1. The first-order chi connectivity index (χ1) is 11.8. The first-order valence-corrected chi connectivity index (χ1v) is 9.08. The van der Waals surface area contributed by atoms with Gasteiger partial charge in [0.25, 0.3) is 0 Å². The highest BCUT2D eigenvalue weighted by Crippen LogP contribution is 2.24. The lowest BCUT2D eigenvalue weighted by Crippen LogP contribution is -2.26. The first-order valence-electron chi connectivity index (χ1n) is 8.26. The third-order valence-electron chi connectivity index (χ3n) is 4.46. The molecule has 2 aromatic heterocycles. The summed E-state index contributed by atoms with van der Waals surface area (Å²) >= 11 is 1.64. The van der Waals surface area contributed by atoms with E-state index in [2.05, 4.69) is 51.3 Å². The molecule has 0 amide bonds. The number of nitrogen functional groups attached to an aromatic ring is 1. The van der Waals surface area contributed by atoms with Gasteiger partial charge in [-0.15, -0.1) is 11.3 Å². The molecular weight excluding hydrogens is 316 g/mol. The molecule has 0 bridgehead atoms. The van der Waals surface area contributed by atoms with Gasteiger partial charge < -0.3 is 5.73 Å². The van der Waals surface area contributed by atoms with Crippen LogP contribution in [0, 0.1) is 0 Å². The lowest BCUT2D eigenvalue weighted by Gasteiger charge is -2.17. The van der Waals surface area contributed by atoms with Crippen molar-refractivity contribution in [1.29, 1.82) is 0 Å². The minimum Gasteiger partial charge on any atom is -0.375 e. The van der Waals surface area contributed by atoms with Crippen molar-refractivity contribution in [2.24, 2.45) is 0 Å². The van der Waals surface area contributed by atoms with Crippen molar-refractivity contribution < 1.29 is 0 Å². The summed E-state index contributed by atoms with van der Waals surface area (Å²) in [6.45, 7) is 3.06. The number of pyridine rings is 1. The van der Waals surface area contributed by atoms with Crippen LogP contribution in [0.4, 0.5) is 5.13 Å². The molecule has 4 rings (SSSR count). The van der Waals surface area contributed by atoms with Gasteiger partial charge in [0.15, 0.2) is 5.13 Å². The van der Waals surface area contributed by atoms with E-state index in [0.29, 0.717) is 5.13 Å². The highest BCUT2D eigenvalue weighted by Gasteiger charge is 2.16. The summed E-state index contributed by atoms with van der Waals surface area (Å²) in [5.41, 5.74) is 9.28. The van der Waals surface area contributed by atoms with Crippen molar-refractivity contribution in [3.63, 3.8) is 0 Å². The van der Waals surface area contributed by atoms with E-state index in [0.717, 1.165) is 38.0 Å². The molecule has 122 valence electrons. The van der Waals surface area contributed by atoms with Gasteiger partial charge in [0.2, 0.25) is 0 Å². The molecule has 4 nitrogen and oxygen atoms in total. The molecule has 0 saturated heterocycles. The number of hydrogen-bond acceptors (Lipinski definition) is 5. The molecule has 24 heavy (non-hydrogen) atoms. The number of para-hydroxylation sites is 1. The minimum atomic E-state index is 0.706. The monoisotopic (exact) mass is 336 g/mol. The number of fused-ring (bicyclic) bond motifs is 2. The normalized spacial score (nSPS) is 15.7. The van der Waals surface area contributed by atoms with Crippen molar-refractivity contribution in [2.45, 2.75) is 12.8 Å². The summed E-state index contributed by atoms with van der Waals surface area (Å²) in [6.07, 6.45) is 8.39. The molecular formula is C19H20N4S. The Balaban J connectivity index is 1.43. The summed E-state index contributed by atoms with van der Waals surface area (Å²) < 4.78 is 0. The standard InChI is InChI=1S/C19H20N4S/c20-19-22-17-8-12-23(13-9-18(17)24-19)11-3-4-14-7-10-21-16-6-2-1-5-15(14)16/h1-7,10H,8-9,11-13H2,(H2,20,22)/b4-3+. The number of anilines is 1. The number of nitrogens with two attached hydrogens (primary N) is 1. The van der Waals surface area contributed by atoms with Crippen molar-refractivity contribution in [2.75, 3.05) is 25.4 Å². The molecule has 3 heterocycles. The molecule has 3 aromatic rings. The van der Waals surface area contributed by atoms with Gasteiger partial charge in [0, 0.05) is 42.5 Å². The summed E-state index contributed by atoms with van der Waals surface area (Å²) in [5.74, 6) is 0. The van der Waals surface area contributed by atoms with Crippen LogP contribution in [0.2, 0.25) is 0 Å². The maximum Gasteiger partial charge on any atom is 0.180 e. The molecule has 0 saturated carbocycles. The average molecular weight is 336 g/mol. The van der Waals surface area contributed by atoms with Crippen LogP contribution in [0.1, 0.15) is 16.1 Å². The lowest BCUT2D eigenvalue weighted by molar-refractivity contribution is 0.318. The van der Waals surface area contributed by atoms with E-state index < -0.39 is 0 Å². The predicted molar refractivity (Wildman–Crippen MR) is 101 cm³/mol. The Labute approximate surface area is 145 Å². The number of rotatable bonds is 3. The van der Waals surface area contributed by atoms with E-state index in [4.69, 9.17) is 5.73 Å². The molecule has 1 aliphatic heterocycles. The van der Waals surface area contributed by atoms with Gasteiger partial charge >= 0.3 is 0 Å². The van der Waals surface area contributed by atoms with Gasteiger partial charge in [-0.1, -0.05) is 30.4 Å². The van der Waals surface area contributed by atoms with Crippen molar-refractivity contribution in [3.8, 4) is 0 Å². The van der Waals surface area contributed by atoms with E-state index in [1.54, 1.807) is 11.3 Å². The molecule has 2 N–H and O–H groups in total. The highest BCUT2D eigenvalue weighted by atomic mass is 32.1. The molecule has 0 unspecified atom stereocenters. The quantitative estimate of drug-likeness (QED) is 0.796. The van der Waals surface area contributed by atoms with Crippen LogP contribution >= 0.6 is 11.3 Å². The minimum absolute atomic E-state index is 0.706. The highest BCUT2D eigenvalue weighted by molar-refractivity contribution is 7.15. The number of nitrogens with zero attached hydrogens (tertiary/aromatic N) is 3. The molecule has 5 heteroatoms. The lowest BCUT2D eigenvalue weighted by atomic mass is 10.1. The molecule has 0 atom stereocenters. The van der Waals surface area contributed by atoms with E-state index in [-0.39, 0.29) is 0 Å². The second-order valence-corrected chi connectivity index (χ2v) is 7.16. The maximum atomic E-state index is 5.81. The zero-order valence-corrected chi connectivity index (χ0v) is 14.3. The molecule has 0 aliphatic carbocycles. The molecule has 1 aliphatic rings. The van der Waals surface area contributed by atoms with Crippen LogP contribution in [-0.2, 0) is 12.8 Å². The van der Waals surface area contributed by atoms with Gasteiger partial charge in [-0.2, -0.15) is 0 Å². The average Bonchev–Trinajstić information content (AvgIpc) is 2.86. The number of thiazole rings is 1. The smallest absolute Gasteiger partial charge is 0.180 e. The van der Waals surface area contributed by atoms with Crippen LogP contribution in [-0.4, -0.2) is 34.5 Å². The fourth-order valence-corrected chi connectivity index (χ4v) is 4.07. The molecule has 0 spiro atoms. The van der Waals surface area contributed by atoms with Crippen LogP contribution in [0.15, 0.2) is 42.6 Å². The largest absolute Gasteiger partial charge is 0.375 e. The van der Waals surface area contributed by atoms with Gasteiger partial charge in [-0.05, 0) is 24.1 Å². The van der Waals surface area contributed by atoms with E-state index in [1.165, 1.54) is 21.5 Å². The second-order valence-electron chi connectivity index (χ2n) is 6.04. The molecule has 1 aromatic carbocycles. The molecule has 0 fully saturated rings. The van der Waals surface area contributed by atoms with Crippen LogP contribution in [0.3, 0.4) is 0 Å². The fraction of sp³-hybridized carbons (Fsp3) is 0.263. The topological polar surface area (TPSA) is 55.0 Å². The van der Waals surface area contributed by atoms with Crippen molar-refractivity contribution >= 4 is 33.4 Å². The Bertz CT molecular complexity index is 853.